The standard InChI is InChI=1S/C12H10F2OS/c13-10-1-2-11(14)9(5-10)6-12(15)8-3-4-16-7-8/h1-5,7,12,15H,6H2. The third-order valence-corrected chi connectivity index (χ3v) is 3.05. The first-order chi connectivity index (χ1) is 7.66. The van der Waals surface area contributed by atoms with Gasteiger partial charge in [-0.15, -0.1) is 0 Å². The van der Waals surface area contributed by atoms with Crippen LogP contribution in [0, 0.1) is 11.6 Å². The lowest BCUT2D eigenvalue weighted by Crippen LogP contribution is -2.02. The minimum atomic E-state index is -0.789. The fourth-order valence-corrected chi connectivity index (χ4v) is 2.20. The summed E-state index contributed by atoms with van der Waals surface area (Å²) in [6, 6.07) is 5.03. The predicted octanol–water partition coefficient (Wildman–Crippen LogP) is 3.30. The summed E-state index contributed by atoms with van der Waals surface area (Å²) in [7, 11) is 0. The zero-order valence-electron chi connectivity index (χ0n) is 8.36. The van der Waals surface area contributed by atoms with Crippen LogP contribution in [0.15, 0.2) is 35.0 Å². The summed E-state index contributed by atoms with van der Waals surface area (Å²) in [6.45, 7) is 0. The summed E-state index contributed by atoms with van der Waals surface area (Å²) < 4.78 is 26.2. The van der Waals surface area contributed by atoms with Crippen molar-refractivity contribution in [1.29, 1.82) is 0 Å². The van der Waals surface area contributed by atoms with Gasteiger partial charge >= 0.3 is 0 Å². The van der Waals surface area contributed by atoms with E-state index in [1.54, 1.807) is 11.4 Å². The Balaban J connectivity index is 2.17. The fourth-order valence-electron chi connectivity index (χ4n) is 1.49. The molecule has 1 aromatic carbocycles. The quantitative estimate of drug-likeness (QED) is 0.872. The van der Waals surface area contributed by atoms with Gasteiger partial charge in [-0.3, -0.25) is 0 Å². The molecule has 1 heterocycles. The topological polar surface area (TPSA) is 20.2 Å². The van der Waals surface area contributed by atoms with Gasteiger partial charge in [0.15, 0.2) is 0 Å². The highest BCUT2D eigenvalue weighted by Crippen LogP contribution is 2.22. The fraction of sp³-hybridized carbons (Fsp3) is 0.167. The zero-order valence-corrected chi connectivity index (χ0v) is 9.18. The summed E-state index contributed by atoms with van der Waals surface area (Å²) in [5, 5.41) is 13.4. The van der Waals surface area contributed by atoms with Gasteiger partial charge in [-0.2, -0.15) is 11.3 Å². The maximum atomic E-state index is 13.3. The number of halogens is 2. The van der Waals surface area contributed by atoms with Crippen LogP contribution < -0.4 is 0 Å². The molecule has 0 aliphatic heterocycles. The van der Waals surface area contributed by atoms with E-state index in [2.05, 4.69) is 0 Å². The maximum absolute atomic E-state index is 13.3. The molecule has 0 aliphatic rings. The normalized spacial score (nSPS) is 12.7. The molecule has 0 saturated carbocycles. The lowest BCUT2D eigenvalue weighted by atomic mass is 10.0. The molecule has 2 rings (SSSR count). The number of benzene rings is 1. The van der Waals surface area contributed by atoms with Crippen molar-refractivity contribution in [2.75, 3.05) is 0 Å². The first-order valence-electron chi connectivity index (χ1n) is 4.81. The van der Waals surface area contributed by atoms with Gasteiger partial charge in [0, 0.05) is 6.42 Å². The second-order valence-electron chi connectivity index (χ2n) is 3.51. The molecular formula is C12H10F2OS. The summed E-state index contributed by atoms with van der Waals surface area (Å²) in [5.41, 5.74) is 0.923. The highest BCUT2D eigenvalue weighted by molar-refractivity contribution is 7.07. The number of hydrogen-bond donors (Lipinski definition) is 1. The van der Waals surface area contributed by atoms with Crippen molar-refractivity contribution < 1.29 is 13.9 Å². The average molecular weight is 240 g/mol. The minimum Gasteiger partial charge on any atom is -0.388 e. The Kier molecular flexibility index (Phi) is 3.31. The van der Waals surface area contributed by atoms with E-state index in [4.69, 9.17) is 0 Å². The maximum Gasteiger partial charge on any atom is 0.126 e. The minimum absolute atomic E-state index is 0.0837. The molecule has 0 aliphatic carbocycles. The molecule has 1 N–H and O–H groups in total. The van der Waals surface area contributed by atoms with Crippen LogP contribution >= 0.6 is 11.3 Å². The smallest absolute Gasteiger partial charge is 0.126 e. The average Bonchev–Trinajstić information content (AvgIpc) is 2.76. The van der Waals surface area contributed by atoms with Crippen LogP contribution in [0.25, 0.3) is 0 Å². The second kappa shape index (κ2) is 4.72. The van der Waals surface area contributed by atoms with Crippen LogP contribution in [0.2, 0.25) is 0 Å². The molecule has 2 aromatic rings. The summed E-state index contributed by atoms with van der Waals surface area (Å²) in [5.74, 6) is -0.982. The van der Waals surface area contributed by atoms with Crippen LogP contribution in [0.1, 0.15) is 17.2 Å². The molecule has 1 aromatic heterocycles. The molecule has 0 spiro atoms. The molecule has 0 amide bonds. The third-order valence-electron chi connectivity index (χ3n) is 2.35. The van der Waals surface area contributed by atoms with Crippen LogP contribution in [0.5, 0.6) is 0 Å². The van der Waals surface area contributed by atoms with Crippen LogP contribution in [-0.2, 0) is 6.42 Å². The van der Waals surface area contributed by atoms with E-state index in [-0.39, 0.29) is 12.0 Å². The molecule has 16 heavy (non-hydrogen) atoms. The van der Waals surface area contributed by atoms with Gasteiger partial charge in [0.05, 0.1) is 6.10 Å². The summed E-state index contributed by atoms with van der Waals surface area (Å²) >= 11 is 1.46. The van der Waals surface area contributed by atoms with Crippen molar-refractivity contribution in [2.24, 2.45) is 0 Å². The van der Waals surface area contributed by atoms with E-state index in [1.807, 2.05) is 5.38 Å². The van der Waals surface area contributed by atoms with Crippen molar-refractivity contribution >= 4 is 11.3 Å². The van der Waals surface area contributed by atoms with E-state index < -0.39 is 17.7 Å². The Bertz CT molecular complexity index is 468. The van der Waals surface area contributed by atoms with Crippen molar-refractivity contribution in [2.45, 2.75) is 12.5 Å². The molecule has 0 fully saturated rings. The van der Waals surface area contributed by atoms with Crippen LogP contribution in [-0.4, -0.2) is 5.11 Å². The number of aliphatic hydroxyl groups excluding tert-OH is 1. The third kappa shape index (κ3) is 2.46. The van der Waals surface area contributed by atoms with Crippen LogP contribution in [0.3, 0.4) is 0 Å². The van der Waals surface area contributed by atoms with Crippen molar-refractivity contribution in [3.63, 3.8) is 0 Å². The Morgan fingerprint density at radius 3 is 2.75 bits per heavy atom. The lowest BCUT2D eigenvalue weighted by molar-refractivity contribution is 0.177. The Labute approximate surface area is 96.0 Å². The van der Waals surface area contributed by atoms with Crippen molar-refractivity contribution in [3.8, 4) is 0 Å². The monoisotopic (exact) mass is 240 g/mol. The Morgan fingerprint density at radius 2 is 2.06 bits per heavy atom. The molecule has 1 nitrogen and oxygen atoms in total. The van der Waals surface area contributed by atoms with E-state index in [0.717, 1.165) is 23.8 Å². The van der Waals surface area contributed by atoms with E-state index in [0.29, 0.717) is 0 Å². The molecule has 0 saturated heterocycles. The molecular weight excluding hydrogens is 230 g/mol. The molecule has 0 radical (unpaired) electrons. The van der Waals surface area contributed by atoms with E-state index in [9.17, 15) is 13.9 Å². The molecule has 1 atom stereocenters. The first kappa shape index (κ1) is 11.2. The second-order valence-corrected chi connectivity index (χ2v) is 4.29. The summed E-state index contributed by atoms with van der Waals surface area (Å²) in [4.78, 5) is 0. The number of aliphatic hydroxyl groups is 1. The van der Waals surface area contributed by atoms with Gasteiger partial charge in [-0.1, -0.05) is 0 Å². The van der Waals surface area contributed by atoms with Gasteiger partial charge in [0.25, 0.3) is 0 Å². The summed E-state index contributed by atoms with van der Waals surface area (Å²) in [6.07, 6.45) is -0.706. The lowest BCUT2D eigenvalue weighted by Gasteiger charge is -2.09. The van der Waals surface area contributed by atoms with E-state index in [1.165, 1.54) is 11.3 Å². The number of rotatable bonds is 3. The molecule has 84 valence electrons. The molecule has 4 heteroatoms. The van der Waals surface area contributed by atoms with Gasteiger partial charge in [0.2, 0.25) is 0 Å². The highest BCUT2D eigenvalue weighted by atomic mass is 32.1. The number of hydrogen-bond acceptors (Lipinski definition) is 2. The van der Waals surface area contributed by atoms with Crippen molar-refractivity contribution in [3.05, 3.63) is 57.8 Å². The van der Waals surface area contributed by atoms with Crippen LogP contribution in [0.4, 0.5) is 8.78 Å². The largest absolute Gasteiger partial charge is 0.388 e. The van der Waals surface area contributed by atoms with Gasteiger partial charge in [-0.25, -0.2) is 8.78 Å². The highest BCUT2D eigenvalue weighted by Gasteiger charge is 2.12. The molecule has 0 bridgehead atoms. The molecule has 1 unspecified atom stereocenters. The van der Waals surface area contributed by atoms with Gasteiger partial charge in [0.1, 0.15) is 11.6 Å². The Morgan fingerprint density at radius 1 is 1.25 bits per heavy atom. The van der Waals surface area contributed by atoms with Gasteiger partial charge < -0.3 is 5.11 Å². The van der Waals surface area contributed by atoms with Crippen molar-refractivity contribution in [1.82, 2.24) is 0 Å². The predicted molar refractivity (Wildman–Crippen MR) is 59.3 cm³/mol. The van der Waals surface area contributed by atoms with Gasteiger partial charge in [-0.05, 0) is 46.2 Å². The number of thiophene rings is 1. The zero-order chi connectivity index (χ0) is 11.5. The SMILES string of the molecule is OC(Cc1cc(F)ccc1F)c1ccsc1. The first-order valence-corrected chi connectivity index (χ1v) is 5.75. The van der Waals surface area contributed by atoms with E-state index >= 15 is 0 Å². The Hall–Kier alpha value is -1.26.